The molecule has 128 valence electrons. The van der Waals surface area contributed by atoms with Gasteiger partial charge in [0.05, 0.1) is 13.5 Å². The molecule has 1 aliphatic heterocycles. The Bertz CT molecular complexity index is 690. The minimum atomic E-state index is 0.162. The topological polar surface area (TPSA) is 60.2 Å². The second-order valence-electron chi connectivity index (χ2n) is 6.12. The Balaban J connectivity index is 1.59. The number of ether oxygens (including phenoxy) is 1. The van der Waals surface area contributed by atoms with Gasteiger partial charge in [0, 0.05) is 31.1 Å². The maximum Gasteiger partial charge on any atom is 0.227 e. The van der Waals surface area contributed by atoms with Crippen LogP contribution in [0.15, 0.2) is 30.6 Å². The molecule has 6 heteroatoms. The first-order valence-corrected chi connectivity index (χ1v) is 8.50. The van der Waals surface area contributed by atoms with Crippen LogP contribution in [0.25, 0.3) is 0 Å². The first-order valence-electron chi connectivity index (χ1n) is 8.50. The van der Waals surface area contributed by atoms with Crippen molar-refractivity contribution >= 4 is 5.91 Å². The van der Waals surface area contributed by atoms with E-state index in [1.807, 2.05) is 29.2 Å². The van der Waals surface area contributed by atoms with Crippen LogP contribution in [0.4, 0.5) is 0 Å². The Hall–Kier alpha value is -2.37. The summed E-state index contributed by atoms with van der Waals surface area (Å²) in [7, 11) is 1.64. The number of hydrogen-bond donors (Lipinski definition) is 0. The molecule has 24 heavy (non-hydrogen) atoms. The van der Waals surface area contributed by atoms with E-state index in [9.17, 15) is 4.79 Å². The molecule has 0 radical (unpaired) electrons. The Labute approximate surface area is 142 Å². The number of rotatable bonds is 5. The van der Waals surface area contributed by atoms with Crippen LogP contribution in [0, 0.1) is 0 Å². The molecule has 0 bridgehead atoms. The van der Waals surface area contributed by atoms with E-state index in [0.29, 0.717) is 12.3 Å². The second-order valence-corrected chi connectivity index (χ2v) is 6.12. The van der Waals surface area contributed by atoms with Crippen LogP contribution < -0.4 is 4.74 Å². The molecule has 0 atom stereocenters. The fraction of sp³-hybridized carbons (Fsp3) is 0.500. The molecule has 1 aromatic carbocycles. The summed E-state index contributed by atoms with van der Waals surface area (Å²) in [6, 6.07) is 7.71. The number of piperidine rings is 1. The predicted molar refractivity (Wildman–Crippen MR) is 90.9 cm³/mol. The third-order valence-corrected chi connectivity index (χ3v) is 4.73. The highest BCUT2D eigenvalue weighted by Gasteiger charge is 2.27. The predicted octanol–water partition coefficient (Wildman–Crippen LogP) is 2.26. The highest BCUT2D eigenvalue weighted by atomic mass is 16.5. The van der Waals surface area contributed by atoms with Crippen molar-refractivity contribution in [3.8, 4) is 5.75 Å². The van der Waals surface area contributed by atoms with E-state index >= 15 is 0 Å². The zero-order valence-electron chi connectivity index (χ0n) is 14.3. The van der Waals surface area contributed by atoms with Gasteiger partial charge in [-0.15, -0.1) is 10.2 Å². The summed E-state index contributed by atoms with van der Waals surface area (Å²) in [4.78, 5) is 14.5. The van der Waals surface area contributed by atoms with Gasteiger partial charge in [-0.25, -0.2) is 0 Å². The van der Waals surface area contributed by atoms with Crippen molar-refractivity contribution < 1.29 is 9.53 Å². The molecule has 1 amide bonds. The van der Waals surface area contributed by atoms with Crippen molar-refractivity contribution in [3.05, 3.63) is 42.0 Å². The number of amides is 1. The molecule has 1 saturated heterocycles. The van der Waals surface area contributed by atoms with E-state index in [4.69, 9.17) is 4.74 Å². The molecule has 6 nitrogen and oxygen atoms in total. The average Bonchev–Trinajstić information content (AvgIpc) is 3.11. The van der Waals surface area contributed by atoms with Crippen LogP contribution in [-0.4, -0.2) is 45.8 Å². The molecule has 2 heterocycles. The molecule has 0 unspecified atom stereocenters. The molecule has 0 aliphatic carbocycles. The number of methoxy groups -OCH3 is 1. The standard InChI is InChI=1S/C18H24N4O2/c1-3-21-13-19-20-18(21)14-8-10-22(11-9-14)17(23)12-15-6-4-5-7-16(15)24-2/h4-7,13-14H,3,8-12H2,1-2H3. The highest BCUT2D eigenvalue weighted by molar-refractivity contribution is 5.79. The number of hydrogen-bond acceptors (Lipinski definition) is 4. The fourth-order valence-electron chi connectivity index (χ4n) is 3.33. The number of aryl methyl sites for hydroxylation is 1. The second kappa shape index (κ2) is 7.47. The normalized spacial score (nSPS) is 15.5. The van der Waals surface area contributed by atoms with Crippen molar-refractivity contribution in [1.82, 2.24) is 19.7 Å². The highest BCUT2D eigenvalue weighted by Crippen LogP contribution is 2.27. The minimum absolute atomic E-state index is 0.162. The molecule has 3 rings (SSSR count). The molecular weight excluding hydrogens is 304 g/mol. The van der Waals surface area contributed by atoms with Crippen LogP contribution in [0.3, 0.4) is 0 Å². The first-order chi connectivity index (χ1) is 11.7. The van der Waals surface area contributed by atoms with Gasteiger partial charge in [0.15, 0.2) is 0 Å². The molecule has 0 saturated carbocycles. The van der Waals surface area contributed by atoms with E-state index in [0.717, 1.165) is 49.6 Å². The van der Waals surface area contributed by atoms with Crippen molar-refractivity contribution in [2.75, 3.05) is 20.2 Å². The van der Waals surface area contributed by atoms with E-state index < -0.39 is 0 Å². The Morgan fingerprint density at radius 2 is 2.04 bits per heavy atom. The third kappa shape index (κ3) is 3.42. The summed E-state index contributed by atoms with van der Waals surface area (Å²) in [5.41, 5.74) is 0.942. The Kier molecular flexibility index (Phi) is 5.13. The Morgan fingerprint density at radius 1 is 1.29 bits per heavy atom. The molecule has 0 N–H and O–H groups in total. The van der Waals surface area contributed by atoms with Crippen LogP contribution in [0.2, 0.25) is 0 Å². The lowest BCUT2D eigenvalue weighted by molar-refractivity contribution is -0.131. The summed E-state index contributed by atoms with van der Waals surface area (Å²) in [5.74, 6) is 2.38. The van der Waals surface area contributed by atoms with E-state index in [-0.39, 0.29) is 5.91 Å². The van der Waals surface area contributed by atoms with Crippen molar-refractivity contribution in [2.24, 2.45) is 0 Å². The van der Waals surface area contributed by atoms with Gasteiger partial charge in [-0.2, -0.15) is 0 Å². The van der Waals surface area contributed by atoms with Crippen LogP contribution in [0.1, 0.15) is 37.1 Å². The van der Waals surface area contributed by atoms with Crippen molar-refractivity contribution in [3.63, 3.8) is 0 Å². The summed E-state index contributed by atoms with van der Waals surface area (Å²) in [6.45, 7) is 4.53. The van der Waals surface area contributed by atoms with E-state index in [1.54, 1.807) is 13.4 Å². The number of carbonyl (C=O) groups is 1. The van der Waals surface area contributed by atoms with Crippen molar-refractivity contribution in [1.29, 1.82) is 0 Å². The van der Waals surface area contributed by atoms with E-state index in [2.05, 4.69) is 21.7 Å². The third-order valence-electron chi connectivity index (χ3n) is 4.73. The van der Waals surface area contributed by atoms with Gasteiger partial charge in [0.2, 0.25) is 5.91 Å². The van der Waals surface area contributed by atoms with Crippen molar-refractivity contribution in [2.45, 2.75) is 38.6 Å². The molecule has 0 spiro atoms. The molecular formula is C18H24N4O2. The van der Waals surface area contributed by atoms with Gasteiger partial charge in [-0.1, -0.05) is 18.2 Å². The number of benzene rings is 1. The smallest absolute Gasteiger partial charge is 0.227 e. The maximum atomic E-state index is 12.6. The zero-order chi connectivity index (χ0) is 16.9. The quantitative estimate of drug-likeness (QED) is 0.845. The Morgan fingerprint density at radius 3 is 2.75 bits per heavy atom. The van der Waals surface area contributed by atoms with Gasteiger partial charge < -0.3 is 14.2 Å². The molecule has 1 fully saturated rings. The number of aromatic nitrogens is 3. The first kappa shape index (κ1) is 16.5. The lowest BCUT2D eigenvalue weighted by Gasteiger charge is -2.31. The lowest BCUT2D eigenvalue weighted by atomic mass is 9.95. The maximum absolute atomic E-state index is 12.6. The molecule has 2 aromatic rings. The fourth-order valence-corrected chi connectivity index (χ4v) is 3.33. The number of nitrogens with zero attached hydrogens (tertiary/aromatic N) is 4. The average molecular weight is 328 g/mol. The van der Waals surface area contributed by atoms with Crippen LogP contribution in [0.5, 0.6) is 5.75 Å². The summed E-state index contributed by atoms with van der Waals surface area (Å²) in [5, 5.41) is 8.28. The largest absolute Gasteiger partial charge is 0.496 e. The zero-order valence-corrected chi connectivity index (χ0v) is 14.3. The summed E-state index contributed by atoms with van der Waals surface area (Å²) >= 11 is 0. The van der Waals surface area contributed by atoms with Gasteiger partial charge in [0.25, 0.3) is 0 Å². The SMILES string of the molecule is CCn1cnnc1C1CCN(C(=O)Cc2ccccc2OC)CC1. The van der Waals surface area contributed by atoms with Gasteiger partial charge in [-0.05, 0) is 25.8 Å². The van der Waals surface area contributed by atoms with Crippen LogP contribution in [-0.2, 0) is 17.8 Å². The van der Waals surface area contributed by atoms with Gasteiger partial charge in [0.1, 0.15) is 17.9 Å². The minimum Gasteiger partial charge on any atom is -0.496 e. The monoisotopic (exact) mass is 328 g/mol. The summed E-state index contributed by atoms with van der Waals surface area (Å²) < 4.78 is 7.43. The number of likely N-dealkylation sites (tertiary alicyclic amines) is 1. The molecule has 1 aromatic heterocycles. The van der Waals surface area contributed by atoms with Gasteiger partial charge in [-0.3, -0.25) is 4.79 Å². The van der Waals surface area contributed by atoms with Gasteiger partial charge >= 0.3 is 0 Å². The van der Waals surface area contributed by atoms with Crippen LogP contribution >= 0.6 is 0 Å². The van der Waals surface area contributed by atoms with E-state index in [1.165, 1.54) is 0 Å². The summed E-state index contributed by atoms with van der Waals surface area (Å²) in [6.07, 6.45) is 4.06. The number of carbonyl (C=O) groups excluding carboxylic acids is 1. The lowest BCUT2D eigenvalue weighted by Crippen LogP contribution is -2.39. The molecule has 1 aliphatic rings. The number of para-hydroxylation sites is 1.